The van der Waals surface area contributed by atoms with Crippen LogP contribution >= 0.6 is 23.2 Å². The van der Waals surface area contributed by atoms with Crippen LogP contribution in [0.3, 0.4) is 0 Å². The predicted octanol–water partition coefficient (Wildman–Crippen LogP) is 3.78. The standard InChI is InChI=1S/C17H12Cl2N2O3/c1-24-13-5-3-2-4-12(13)21-16(22)14(19)15(17(21)23)20-11-8-6-10(18)7-9-11/h2-9,20H,1H3. The molecule has 0 aromatic heterocycles. The Kier molecular flexibility index (Phi) is 4.46. The molecular weight excluding hydrogens is 351 g/mol. The van der Waals surface area contributed by atoms with Crippen molar-refractivity contribution in [3.05, 3.63) is 64.3 Å². The number of nitrogens with one attached hydrogen (secondary N) is 1. The molecule has 2 amide bonds. The van der Waals surface area contributed by atoms with Gasteiger partial charge in [0.2, 0.25) is 0 Å². The molecule has 0 fully saturated rings. The Balaban J connectivity index is 1.94. The lowest BCUT2D eigenvalue weighted by Gasteiger charge is -2.17. The van der Waals surface area contributed by atoms with Crippen molar-refractivity contribution >= 4 is 46.4 Å². The lowest BCUT2D eigenvalue weighted by molar-refractivity contribution is -0.120. The van der Waals surface area contributed by atoms with Gasteiger partial charge < -0.3 is 10.1 Å². The minimum atomic E-state index is -0.609. The third-order valence-electron chi connectivity index (χ3n) is 3.47. The monoisotopic (exact) mass is 362 g/mol. The normalized spacial score (nSPS) is 14.4. The van der Waals surface area contributed by atoms with Crippen LogP contribution < -0.4 is 15.0 Å². The summed E-state index contributed by atoms with van der Waals surface area (Å²) in [5, 5.41) is 3.25. The van der Waals surface area contributed by atoms with E-state index < -0.39 is 11.8 Å². The molecule has 0 radical (unpaired) electrons. The number of nitrogens with zero attached hydrogens (tertiary/aromatic N) is 1. The maximum absolute atomic E-state index is 12.7. The first-order chi connectivity index (χ1) is 11.5. The van der Waals surface area contributed by atoms with E-state index in [4.69, 9.17) is 27.9 Å². The van der Waals surface area contributed by atoms with Crippen LogP contribution in [-0.4, -0.2) is 18.9 Å². The van der Waals surface area contributed by atoms with E-state index in [-0.39, 0.29) is 10.7 Å². The summed E-state index contributed by atoms with van der Waals surface area (Å²) >= 11 is 11.9. The molecule has 3 rings (SSSR count). The number of halogens is 2. The molecule has 0 bridgehead atoms. The molecule has 1 N–H and O–H groups in total. The molecular formula is C17H12Cl2N2O3. The van der Waals surface area contributed by atoms with Crippen LogP contribution in [0.2, 0.25) is 5.02 Å². The fourth-order valence-electron chi connectivity index (χ4n) is 2.32. The fourth-order valence-corrected chi connectivity index (χ4v) is 2.66. The number of methoxy groups -OCH3 is 1. The highest BCUT2D eigenvalue weighted by atomic mass is 35.5. The number of hydrogen-bond acceptors (Lipinski definition) is 4. The largest absolute Gasteiger partial charge is 0.495 e. The number of ether oxygens (including phenoxy) is 1. The summed E-state index contributed by atoms with van der Waals surface area (Å²) in [6.45, 7) is 0. The van der Waals surface area contributed by atoms with E-state index in [1.54, 1.807) is 48.5 Å². The van der Waals surface area contributed by atoms with Crippen LogP contribution in [0.5, 0.6) is 5.75 Å². The van der Waals surface area contributed by atoms with Crippen molar-refractivity contribution in [1.29, 1.82) is 0 Å². The first-order valence-electron chi connectivity index (χ1n) is 6.97. The van der Waals surface area contributed by atoms with Crippen LogP contribution in [0.15, 0.2) is 59.3 Å². The molecule has 122 valence electrons. The first kappa shape index (κ1) is 16.4. The highest BCUT2D eigenvalue weighted by molar-refractivity contribution is 6.53. The summed E-state index contributed by atoms with van der Waals surface area (Å²) in [6, 6.07) is 13.4. The van der Waals surface area contributed by atoms with Gasteiger partial charge in [0.1, 0.15) is 16.5 Å². The van der Waals surface area contributed by atoms with Gasteiger partial charge in [-0.1, -0.05) is 35.3 Å². The molecule has 2 aromatic carbocycles. The molecule has 2 aromatic rings. The van der Waals surface area contributed by atoms with Crippen molar-refractivity contribution in [3.63, 3.8) is 0 Å². The van der Waals surface area contributed by atoms with E-state index in [2.05, 4.69) is 5.32 Å². The number of benzene rings is 2. The number of anilines is 2. The Bertz CT molecular complexity index is 847. The topological polar surface area (TPSA) is 58.6 Å². The van der Waals surface area contributed by atoms with Crippen molar-refractivity contribution in [2.45, 2.75) is 0 Å². The molecule has 0 unspecified atom stereocenters. The Hall–Kier alpha value is -2.50. The van der Waals surface area contributed by atoms with Gasteiger partial charge in [0, 0.05) is 10.7 Å². The molecule has 0 atom stereocenters. The zero-order valence-electron chi connectivity index (χ0n) is 12.5. The van der Waals surface area contributed by atoms with Gasteiger partial charge in [-0.3, -0.25) is 9.59 Å². The van der Waals surface area contributed by atoms with Crippen LogP contribution in [-0.2, 0) is 9.59 Å². The summed E-state index contributed by atoms with van der Waals surface area (Å²) in [6.07, 6.45) is 0. The molecule has 5 nitrogen and oxygen atoms in total. The van der Waals surface area contributed by atoms with Gasteiger partial charge in [-0.25, -0.2) is 4.90 Å². The molecule has 1 aliphatic heterocycles. The average molecular weight is 363 g/mol. The second kappa shape index (κ2) is 6.55. The molecule has 0 aliphatic carbocycles. The summed E-state index contributed by atoms with van der Waals surface area (Å²) in [5.74, 6) is -0.761. The van der Waals surface area contributed by atoms with Gasteiger partial charge in [0.05, 0.1) is 12.8 Å². The molecule has 0 saturated heterocycles. The van der Waals surface area contributed by atoms with Crippen molar-refractivity contribution < 1.29 is 14.3 Å². The van der Waals surface area contributed by atoms with Crippen molar-refractivity contribution in [2.24, 2.45) is 0 Å². The van der Waals surface area contributed by atoms with Gasteiger partial charge in [0.15, 0.2) is 0 Å². The molecule has 1 aliphatic rings. The maximum atomic E-state index is 12.7. The summed E-state index contributed by atoms with van der Waals surface area (Å²) < 4.78 is 5.21. The molecule has 24 heavy (non-hydrogen) atoms. The molecule has 1 heterocycles. The van der Waals surface area contributed by atoms with Crippen LogP contribution in [0.25, 0.3) is 0 Å². The molecule has 0 saturated carbocycles. The van der Waals surface area contributed by atoms with Gasteiger partial charge in [-0.05, 0) is 36.4 Å². The highest BCUT2D eigenvalue weighted by Gasteiger charge is 2.40. The van der Waals surface area contributed by atoms with E-state index in [9.17, 15) is 9.59 Å². The van der Waals surface area contributed by atoms with Crippen molar-refractivity contribution in [3.8, 4) is 5.75 Å². The number of para-hydroxylation sites is 2. The number of hydrogen-bond donors (Lipinski definition) is 1. The summed E-state index contributed by atoms with van der Waals surface area (Å²) in [7, 11) is 1.46. The van der Waals surface area contributed by atoms with Crippen LogP contribution in [0, 0.1) is 0 Å². The minimum absolute atomic E-state index is 0.00916. The van der Waals surface area contributed by atoms with Crippen molar-refractivity contribution in [2.75, 3.05) is 17.3 Å². The summed E-state index contributed by atoms with van der Waals surface area (Å²) in [4.78, 5) is 26.1. The van der Waals surface area contributed by atoms with E-state index >= 15 is 0 Å². The SMILES string of the molecule is COc1ccccc1N1C(=O)C(Cl)=C(Nc2ccc(Cl)cc2)C1=O. The lowest BCUT2D eigenvalue weighted by atomic mass is 10.2. The number of amides is 2. The smallest absolute Gasteiger partial charge is 0.283 e. The van der Waals surface area contributed by atoms with Gasteiger partial charge in [-0.2, -0.15) is 0 Å². The number of carbonyl (C=O) groups excluding carboxylic acids is 2. The Labute approximate surface area is 148 Å². The number of rotatable bonds is 4. The van der Waals surface area contributed by atoms with E-state index in [1.807, 2.05) is 0 Å². The van der Waals surface area contributed by atoms with Gasteiger partial charge >= 0.3 is 0 Å². The van der Waals surface area contributed by atoms with Crippen LogP contribution in [0.1, 0.15) is 0 Å². The molecule has 0 spiro atoms. The Morgan fingerprint density at radius 1 is 0.958 bits per heavy atom. The van der Waals surface area contributed by atoms with E-state index in [0.29, 0.717) is 22.1 Å². The third-order valence-corrected chi connectivity index (χ3v) is 4.07. The Morgan fingerprint density at radius 2 is 1.62 bits per heavy atom. The zero-order chi connectivity index (χ0) is 17.3. The third kappa shape index (κ3) is 2.84. The van der Waals surface area contributed by atoms with Crippen molar-refractivity contribution in [1.82, 2.24) is 0 Å². The van der Waals surface area contributed by atoms with E-state index in [0.717, 1.165) is 4.90 Å². The summed E-state index contributed by atoms with van der Waals surface area (Å²) in [5.41, 5.74) is 0.937. The fraction of sp³-hybridized carbons (Fsp3) is 0.0588. The average Bonchev–Trinajstić information content (AvgIpc) is 2.80. The van der Waals surface area contributed by atoms with E-state index in [1.165, 1.54) is 7.11 Å². The maximum Gasteiger partial charge on any atom is 0.283 e. The number of carbonyl (C=O) groups is 2. The second-order valence-electron chi connectivity index (χ2n) is 4.94. The highest BCUT2D eigenvalue weighted by Crippen LogP contribution is 2.35. The first-order valence-corrected chi connectivity index (χ1v) is 7.72. The van der Waals surface area contributed by atoms with Gasteiger partial charge in [-0.15, -0.1) is 0 Å². The molecule has 7 heteroatoms. The van der Waals surface area contributed by atoms with Gasteiger partial charge in [0.25, 0.3) is 11.8 Å². The lowest BCUT2D eigenvalue weighted by Crippen LogP contribution is -2.32. The quantitative estimate of drug-likeness (QED) is 0.840. The van der Waals surface area contributed by atoms with Crippen LogP contribution in [0.4, 0.5) is 11.4 Å². The number of imide groups is 1. The predicted molar refractivity (Wildman–Crippen MR) is 93.4 cm³/mol. The zero-order valence-corrected chi connectivity index (χ0v) is 14.1. The Morgan fingerprint density at radius 3 is 2.29 bits per heavy atom. The second-order valence-corrected chi connectivity index (χ2v) is 5.75. The minimum Gasteiger partial charge on any atom is -0.495 e.